The molecule has 0 aromatic carbocycles. The lowest BCUT2D eigenvalue weighted by Gasteiger charge is -2.15. The summed E-state index contributed by atoms with van der Waals surface area (Å²) in [7, 11) is 1.09. The minimum Gasteiger partial charge on any atom is -0.469 e. The maximum atomic E-state index is 13.2. The highest BCUT2D eigenvalue weighted by molar-refractivity contribution is 5.70. The van der Waals surface area contributed by atoms with Crippen LogP contribution in [0, 0.1) is 0 Å². The van der Waals surface area contributed by atoms with E-state index in [0.29, 0.717) is 40.2 Å². The van der Waals surface area contributed by atoms with Crippen molar-refractivity contribution >= 4 is 17.9 Å². The van der Waals surface area contributed by atoms with Gasteiger partial charge < -0.3 is 29.5 Å². The molecule has 0 spiro atoms. The highest BCUT2D eigenvalue weighted by atomic mass is 16.5. The van der Waals surface area contributed by atoms with Crippen molar-refractivity contribution in [3.63, 3.8) is 0 Å². The lowest BCUT2D eigenvalue weighted by Crippen LogP contribution is -2.55. The van der Waals surface area contributed by atoms with Crippen LogP contribution in [0.5, 0.6) is 0 Å². The van der Waals surface area contributed by atoms with E-state index in [2.05, 4.69) is 4.74 Å². The number of aliphatic hydroxyl groups excluding tert-OH is 3. The number of nitrogens with zero attached hydrogens (tertiary/aromatic N) is 6. The zero-order valence-electron chi connectivity index (χ0n) is 26.6. The van der Waals surface area contributed by atoms with Gasteiger partial charge in [-0.25, -0.2) is 56.2 Å². The first-order chi connectivity index (χ1) is 22.8. The summed E-state index contributed by atoms with van der Waals surface area (Å²) in [6.45, 7) is -3.30. The van der Waals surface area contributed by atoms with Crippen molar-refractivity contribution in [2.24, 2.45) is 0 Å². The van der Waals surface area contributed by atoms with Gasteiger partial charge in [0, 0.05) is 26.2 Å². The number of carbonyl (C=O) groups excluding carboxylic acids is 3. The molecule has 1 unspecified atom stereocenters. The Balaban J connectivity index is 2.26. The average molecular weight is 689 g/mol. The molecule has 2 rings (SSSR count). The van der Waals surface area contributed by atoms with Crippen LogP contribution in [0.15, 0.2) is 28.8 Å². The van der Waals surface area contributed by atoms with Gasteiger partial charge in [-0.2, -0.15) is 0 Å². The van der Waals surface area contributed by atoms with E-state index in [4.69, 9.17) is 14.6 Å². The Morgan fingerprint density at radius 1 is 0.562 bits per heavy atom. The van der Waals surface area contributed by atoms with Crippen molar-refractivity contribution < 1.29 is 43.9 Å². The quantitative estimate of drug-likeness (QED) is 0.0867. The number of aliphatic hydroxyl groups is 3. The van der Waals surface area contributed by atoms with Gasteiger partial charge in [-0.3, -0.25) is 14.4 Å². The van der Waals surface area contributed by atoms with E-state index in [9.17, 15) is 53.4 Å². The van der Waals surface area contributed by atoms with E-state index in [1.54, 1.807) is 6.92 Å². The Labute approximate surface area is 270 Å². The molecular weight excluding hydrogens is 648 g/mol. The molecule has 2 aromatic heterocycles. The predicted molar refractivity (Wildman–Crippen MR) is 161 cm³/mol. The second-order valence-electron chi connectivity index (χ2n) is 10.3. The van der Waals surface area contributed by atoms with E-state index in [-0.39, 0.29) is 6.61 Å². The van der Waals surface area contributed by atoms with Crippen molar-refractivity contribution in [1.82, 2.24) is 27.4 Å². The topological polar surface area (TPSA) is 272 Å². The fourth-order valence-corrected chi connectivity index (χ4v) is 4.47. The molecule has 0 amide bonds. The number of hydrogen-bond acceptors (Lipinski definition) is 15. The van der Waals surface area contributed by atoms with Gasteiger partial charge in [0.05, 0.1) is 65.3 Å². The van der Waals surface area contributed by atoms with Crippen LogP contribution in [0.3, 0.4) is 0 Å². The van der Waals surface area contributed by atoms with Gasteiger partial charge >= 0.3 is 52.0 Å². The first-order valence-corrected chi connectivity index (χ1v) is 15.0. The fraction of sp³-hybridized carbons (Fsp3) is 0.667. The molecule has 21 nitrogen and oxygen atoms in total. The number of carbonyl (C=O) groups is 3. The molecule has 2 heterocycles. The Morgan fingerprint density at radius 3 is 1.33 bits per heavy atom. The first-order valence-electron chi connectivity index (χ1n) is 15.0. The lowest BCUT2D eigenvalue weighted by atomic mass is 10.2. The van der Waals surface area contributed by atoms with Gasteiger partial charge in [-0.15, -0.1) is 0 Å². The van der Waals surface area contributed by atoms with Crippen LogP contribution in [-0.2, 0) is 67.9 Å². The minimum atomic E-state index is -1.16. The zero-order chi connectivity index (χ0) is 36.0. The number of aromatic nitrogens is 6. The molecule has 0 bridgehead atoms. The Bertz CT molecular complexity index is 1750. The summed E-state index contributed by atoms with van der Waals surface area (Å²) in [6.07, 6.45) is -1.26. The van der Waals surface area contributed by atoms with Crippen molar-refractivity contribution in [2.75, 3.05) is 33.5 Å². The van der Waals surface area contributed by atoms with Gasteiger partial charge in [0.2, 0.25) is 0 Å². The summed E-state index contributed by atoms with van der Waals surface area (Å²) in [6, 6.07) is 0. The standard InChI is InChI=1S/C27H40N6O15/c1-18(4-3-14-34)48-21(39)7-10-30-23(41)28(8-5-19(37)46-2)22(40)29(24(30)42)9-6-20(38)47-17-13-33-26(44)31(11-15-35)25(43)32(12-16-36)27(33)45/h18,34-36H,3-17H2,1-2H3. The Hall–Kier alpha value is -4.89. The minimum absolute atomic E-state index is 0.105. The lowest BCUT2D eigenvalue weighted by molar-refractivity contribution is -0.149. The fourth-order valence-electron chi connectivity index (χ4n) is 4.47. The number of ether oxygens (including phenoxy) is 3. The molecule has 1 atom stereocenters. The molecule has 2 aromatic rings. The molecule has 3 N–H and O–H groups in total. The summed E-state index contributed by atoms with van der Waals surface area (Å²) >= 11 is 0. The second kappa shape index (κ2) is 19.1. The van der Waals surface area contributed by atoms with Gasteiger partial charge in [-0.05, 0) is 19.8 Å². The highest BCUT2D eigenvalue weighted by Gasteiger charge is 2.20. The highest BCUT2D eigenvalue weighted by Crippen LogP contribution is 2.03. The summed E-state index contributed by atoms with van der Waals surface area (Å²) in [5.74, 6) is -2.51. The third-order valence-corrected chi connectivity index (χ3v) is 6.94. The molecule has 0 aliphatic rings. The van der Waals surface area contributed by atoms with Crippen LogP contribution in [0.2, 0.25) is 0 Å². The number of methoxy groups -OCH3 is 1. The number of rotatable bonds is 20. The van der Waals surface area contributed by atoms with Crippen LogP contribution < -0.4 is 34.1 Å². The number of hydrogen-bond donors (Lipinski definition) is 3. The predicted octanol–water partition coefficient (Wildman–Crippen LogP) is -5.07. The molecule has 21 heteroatoms. The second-order valence-corrected chi connectivity index (χ2v) is 10.3. The monoisotopic (exact) mass is 688 g/mol. The van der Waals surface area contributed by atoms with Crippen molar-refractivity contribution in [1.29, 1.82) is 0 Å². The van der Waals surface area contributed by atoms with E-state index in [1.165, 1.54) is 0 Å². The maximum Gasteiger partial charge on any atom is 0.336 e. The van der Waals surface area contributed by atoms with Crippen molar-refractivity contribution in [2.45, 2.75) is 84.4 Å². The van der Waals surface area contributed by atoms with Gasteiger partial charge in [0.15, 0.2) is 0 Å². The van der Waals surface area contributed by atoms with Crippen LogP contribution in [-0.4, -0.2) is 100 Å². The van der Waals surface area contributed by atoms with Gasteiger partial charge in [0.1, 0.15) is 6.61 Å². The zero-order valence-corrected chi connectivity index (χ0v) is 26.6. The third-order valence-electron chi connectivity index (χ3n) is 6.94. The molecule has 0 saturated carbocycles. The third kappa shape index (κ3) is 10.3. The smallest absolute Gasteiger partial charge is 0.336 e. The molecule has 0 fully saturated rings. The van der Waals surface area contributed by atoms with E-state index in [0.717, 1.165) is 7.11 Å². The van der Waals surface area contributed by atoms with Crippen molar-refractivity contribution in [3.8, 4) is 0 Å². The molecule has 0 saturated heterocycles. The Kier molecular flexibility index (Phi) is 15.6. The molecule has 0 aliphatic heterocycles. The summed E-state index contributed by atoms with van der Waals surface area (Å²) in [5, 5.41) is 27.3. The van der Waals surface area contributed by atoms with Gasteiger partial charge in [-0.1, -0.05) is 0 Å². The van der Waals surface area contributed by atoms with E-state index < -0.39 is 137 Å². The average Bonchev–Trinajstić information content (AvgIpc) is 3.05. The van der Waals surface area contributed by atoms with E-state index >= 15 is 0 Å². The van der Waals surface area contributed by atoms with Crippen LogP contribution >= 0.6 is 0 Å². The molecule has 0 aliphatic carbocycles. The SMILES string of the molecule is COC(=O)CCn1c(=O)n(CCC(=O)OCCn2c(=O)n(CCO)c(=O)n(CCO)c2=O)c(=O)n(CCC(=O)OC(C)CCCO)c1=O. The van der Waals surface area contributed by atoms with Crippen LogP contribution in [0.1, 0.15) is 39.0 Å². The number of esters is 3. The van der Waals surface area contributed by atoms with E-state index in [1.807, 2.05) is 0 Å². The summed E-state index contributed by atoms with van der Waals surface area (Å²) in [5.41, 5.74) is -6.65. The van der Waals surface area contributed by atoms with Crippen LogP contribution in [0.25, 0.3) is 0 Å². The molecule has 48 heavy (non-hydrogen) atoms. The molecule has 268 valence electrons. The van der Waals surface area contributed by atoms with Gasteiger partial charge in [0.25, 0.3) is 0 Å². The largest absolute Gasteiger partial charge is 0.469 e. The Morgan fingerprint density at radius 2 is 0.938 bits per heavy atom. The van der Waals surface area contributed by atoms with Crippen LogP contribution in [0.4, 0.5) is 0 Å². The van der Waals surface area contributed by atoms with Crippen molar-refractivity contribution in [3.05, 3.63) is 62.9 Å². The summed E-state index contributed by atoms with van der Waals surface area (Å²) < 4.78 is 18.2. The first kappa shape index (κ1) is 39.3. The normalized spacial score (nSPS) is 11.7. The maximum absolute atomic E-state index is 13.2. The molecular formula is C27H40N6O15. The molecule has 0 radical (unpaired) electrons. The summed E-state index contributed by atoms with van der Waals surface area (Å²) in [4.78, 5) is 113.